The zero-order valence-electron chi connectivity index (χ0n) is 26.0. The van der Waals surface area contributed by atoms with Crippen LogP contribution in [0.5, 0.6) is 11.5 Å². The van der Waals surface area contributed by atoms with Gasteiger partial charge < -0.3 is 29.5 Å². The van der Waals surface area contributed by atoms with Gasteiger partial charge in [-0.15, -0.1) is 0 Å². The van der Waals surface area contributed by atoms with E-state index in [0.717, 1.165) is 18.5 Å². The van der Waals surface area contributed by atoms with Gasteiger partial charge in [-0.3, -0.25) is 0 Å². The summed E-state index contributed by atoms with van der Waals surface area (Å²) in [4.78, 5) is 2.36. The van der Waals surface area contributed by atoms with Crippen LogP contribution < -0.4 is 19.5 Å². The fraction of sp³-hybridized carbons (Fsp3) is 0.600. The molecule has 0 bridgehead atoms. The van der Waals surface area contributed by atoms with Gasteiger partial charge in [-0.1, -0.05) is 6.07 Å². The number of methoxy groups -OCH3 is 1. The highest BCUT2D eigenvalue weighted by Crippen LogP contribution is 2.37. The van der Waals surface area contributed by atoms with E-state index < -0.39 is 31.8 Å². The summed E-state index contributed by atoms with van der Waals surface area (Å²) in [5, 5.41) is 13.9. The summed E-state index contributed by atoms with van der Waals surface area (Å²) in [6, 6.07) is 11.1. The summed E-state index contributed by atoms with van der Waals surface area (Å²) in [6.45, 7) is 4.41. The molecule has 1 unspecified atom stereocenters. The van der Waals surface area contributed by atoms with Crippen molar-refractivity contribution in [2.75, 3.05) is 67.1 Å². The molecule has 2 saturated heterocycles. The summed E-state index contributed by atoms with van der Waals surface area (Å²) in [5.41, 5.74) is 0.371. The SMILES string of the molecule is COc1ccc(S(=O)(=O)N2CCC3(CC2)CC(NC[C@H](O)COc2cccc(S(=O)(=O)NCCCN(C)C)c2)CO3)cc1C. The smallest absolute Gasteiger partial charge is 0.243 e. The minimum atomic E-state index is -3.66. The maximum Gasteiger partial charge on any atom is 0.243 e. The monoisotopic (exact) mass is 654 g/mol. The van der Waals surface area contributed by atoms with E-state index >= 15 is 0 Å². The number of aliphatic hydroxyl groups excluding tert-OH is 1. The summed E-state index contributed by atoms with van der Waals surface area (Å²) in [7, 11) is -1.85. The van der Waals surface area contributed by atoms with Crippen LogP contribution in [0.2, 0.25) is 0 Å². The lowest BCUT2D eigenvalue weighted by Crippen LogP contribution is -2.47. The van der Waals surface area contributed by atoms with Crippen molar-refractivity contribution < 1.29 is 36.2 Å². The first-order chi connectivity index (χ1) is 20.8. The van der Waals surface area contributed by atoms with Crippen molar-refractivity contribution >= 4 is 20.0 Å². The molecule has 0 saturated carbocycles. The lowest BCUT2D eigenvalue weighted by atomic mass is 9.88. The van der Waals surface area contributed by atoms with Gasteiger partial charge in [-0.05, 0) is 89.1 Å². The quantitative estimate of drug-likeness (QED) is 0.242. The molecule has 2 atom stereocenters. The average Bonchev–Trinajstić information content (AvgIpc) is 3.39. The van der Waals surface area contributed by atoms with Crippen molar-refractivity contribution in [2.45, 2.75) is 60.1 Å². The molecule has 14 heteroatoms. The van der Waals surface area contributed by atoms with Gasteiger partial charge in [0.05, 0.1) is 29.1 Å². The topological polar surface area (TPSA) is 147 Å². The zero-order chi connectivity index (χ0) is 32.0. The Morgan fingerprint density at radius 2 is 1.86 bits per heavy atom. The third-order valence-corrected chi connectivity index (χ3v) is 11.5. The van der Waals surface area contributed by atoms with E-state index in [-0.39, 0.29) is 29.0 Å². The fourth-order valence-electron chi connectivity index (χ4n) is 5.59. The van der Waals surface area contributed by atoms with Crippen LogP contribution in [0.3, 0.4) is 0 Å². The second-order valence-corrected chi connectivity index (χ2v) is 15.5. The Morgan fingerprint density at radius 3 is 2.55 bits per heavy atom. The van der Waals surface area contributed by atoms with Crippen LogP contribution in [0, 0.1) is 6.92 Å². The molecular formula is C30H46N4O8S2. The molecular weight excluding hydrogens is 608 g/mol. The minimum absolute atomic E-state index is 0.0108. The molecule has 4 rings (SSSR count). The lowest BCUT2D eigenvalue weighted by Gasteiger charge is -2.38. The Bertz CT molecular complexity index is 1460. The number of sulfonamides is 2. The zero-order valence-corrected chi connectivity index (χ0v) is 27.6. The van der Waals surface area contributed by atoms with E-state index in [1.807, 2.05) is 25.9 Å². The van der Waals surface area contributed by atoms with Crippen molar-refractivity contribution in [3.8, 4) is 11.5 Å². The number of benzene rings is 2. The molecule has 0 aromatic heterocycles. The molecule has 3 N–H and O–H groups in total. The summed E-state index contributed by atoms with van der Waals surface area (Å²) in [6.07, 6.45) is 1.77. The first-order valence-electron chi connectivity index (χ1n) is 14.9. The van der Waals surface area contributed by atoms with Crippen molar-refractivity contribution in [2.24, 2.45) is 0 Å². The van der Waals surface area contributed by atoms with Crippen molar-refractivity contribution in [3.63, 3.8) is 0 Å². The third kappa shape index (κ3) is 8.91. The second kappa shape index (κ2) is 14.9. The van der Waals surface area contributed by atoms with E-state index in [1.54, 1.807) is 37.4 Å². The van der Waals surface area contributed by atoms with E-state index in [2.05, 4.69) is 10.0 Å². The molecule has 0 aliphatic carbocycles. The Morgan fingerprint density at radius 1 is 1.11 bits per heavy atom. The predicted molar refractivity (Wildman–Crippen MR) is 167 cm³/mol. The predicted octanol–water partition coefficient (Wildman–Crippen LogP) is 1.58. The van der Waals surface area contributed by atoms with Gasteiger partial charge in [0, 0.05) is 38.3 Å². The van der Waals surface area contributed by atoms with Crippen LogP contribution in [0.4, 0.5) is 0 Å². The van der Waals surface area contributed by atoms with Crippen LogP contribution >= 0.6 is 0 Å². The summed E-state index contributed by atoms with van der Waals surface area (Å²) < 4.78 is 73.0. The highest BCUT2D eigenvalue weighted by Gasteiger charge is 2.44. The average molecular weight is 655 g/mol. The van der Waals surface area contributed by atoms with Gasteiger partial charge >= 0.3 is 0 Å². The summed E-state index contributed by atoms with van der Waals surface area (Å²) in [5.74, 6) is 1.00. The van der Waals surface area contributed by atoms with E-state index in [1.165, 1.54) is 16.4 Å². The Labute approximate surface area is 261 Å². The van der Waals surface area contributed by atoms with Crippen LogP contribution in [-0.2, 0) is 24.8 Å². The van der Waals surface area contributed by atoms with Crippen molar-refractivity contribution in [3.05, 3.63) is 48.0 Å². The molecule has 12 nitrogen and oxygen atoms in total. The molecule has 246 valence electrons. The highest BCUT2D eigenvalue weighted by atomic mass is 32.2. The van der Waals surface area contributed by atoms with Gasteiger partial charge in [0.1, 0.15) is 24.2 Å². The van der Waals surface area contributed by atoms with Crippen LogP contribution in [0.25, 0.3) is 0 Å². The Kier molecular flexibility index (Phi) is 11.7. The van der Waals surface area contributed by atoms with Crippen LogP contribution in [-0.4, -0.2) is 116 Å². The van der Waals surface area contributed by atoms with Crippen LogP contribution in [0.15, 0.2) is 52.3 Å². The largest absolute Gasteiger partial charge is 0.496 e. The number of nitrogens with one attached hydrogen (secondary N) is 2. The number of hydrogen-bond acceptors (Lipinski definition) is 10. The number of piperidine rings is 1. The number of nitrogens with zero attached hydrogens (tertiary/aromatic N) is 2. The molecule has 2 aromatic rings. The minimum Gasteiger partial charge on any atom is -0.496 e. The molecule has 2 fully saturated rings. The van der Waals surface area contributed by atoms with Crippen molar-refractivity contribution in [1.29, 1.82) is 0 Å². The van der Waals surface area contributed by atoms with Crippen molar-refractivity contribution in [1.82, 2.24) is 19.2 Å². The first kappa shape index (κ1) is 34.6. The molecule has 2 aliphatic rings. The Hall–Kier alpha value is -2.30. The number of aliphatic hydroxyl groups is 1. The van der Waals surface area contributed by atoms with E-state index in [0.29, 0.717) is 57.0 Å². The molecule has 0 amide bonds. The van der Waals surface area contributed by atoms with Gasteiger partial charge in [0.15, 0.2) is 0 Å². The maximum atomic E-state index is 13.2. The summed E-state index contributed by atoms with van der Waals surface area (Å²) >= 11 is 0. The molecule has 2 heterocycles. The van der Waals surface area contributed by atoms with Gasteiger partial charge in [0.2, 0.25) is 20.0 Å². The molecule has 0 radical (unpaired) electrons. The second-order valence-electron chi connectivity index (χ2n) is 11.8. The standard InChI is InChI=1S/C30H46N4O8S2/c1-23-17-28(9-10-29(23)40-4)44(38,39)34-15-11-30(12-16-34)19-24(21-42-30)31-20-25(35)22-41-26-7-5-8-27(18-26)43(36,37)32-13-6-14-33(2)3/h5,7-10,17-18,24-25,31-32,35H,6,11-16,19-22H2,1-4H3/t24?,25-/m0/s1. The normalized spacial score (nSPS) is 19.8. The van der Waals surface area contributed by atoms with E-state index in [9.17, 15) is 21.9 Å². The number of rotatable bonds is 15. The van der Waals surface area contributed by atoms with E-state index in [4.69, 9.17) is 14.2 Å². The van der Waals surface area contributed by atoms with Gasteiger partial charge in [-0.2, -0.15) is 4.31 Å². The maximum absolute atomic E-state index is 13.2. The third-order valence-electron chi connectivity index (χ3n) is 8.12. The van der Waals surface area contributed by atoms with Crippen LogP contribution in [0.1, 0.15) is 31.2 Å². The highest BCUT2D eigenvalue weighted by molar-refractivity contribution is 7.89. The fourth-order valence-corrected chi connectivity index (χ4v) is 8.22. The molecule has 44 heavy (non-hydrogen) atoms. The number of aryl methyl sites for hydroxylation is 1. The van der Waals surface area contributed by atoms with Gasteiger partial charge in [0.25, 0.3) is 0 Å². The number of ether oxygens (including phenoxy) is 3. The lowest BCUT2D eigenvalue weighted by molar-refractivity contribution is -0.0312. The molecule has 1 spiro atoms. The first-order valence-corrected chi connectivity index (χ1v) is 17.8. The molecule has 2 aromatic carbocycles. The Balaban J connectivity index is 1.20. The number of hydrogen-bond donors (Lipinski definition) is 3. The van der Waals surface area contributed by atoms with Gasteiger partial charge in [-0.25, -0.2) is 21.6 Å². The molecule has 2 aliphatic heterocycles.